The molecule has 25 heavy (non-hydrogen) atoms. The lowest BCUT2D eigenvalue weighted by Gasteiger charge is -2.28. The summed E-state index contributed by atoms with van der Waals surface area (Å²) in [6, 6.07) is 10.4. The van der Waals surface area contributed by atoms with E-state index >= 15 is 0 Å². The fourth-order valence-corrected chi connectivity index (χ4v) is 5.31. The van der Waals surface area contributed by atoms with Crippen molar-refractivity contribution in [3.05, 3.63) is 42.2 Å². The van der Waals surface area contributed by atoms with E-state index in [4.69, 9.17) is 0 Å². The normalized spacial score (nSPS) is 21.0. The first-order chi connectivity index (χ1) is 12.3. The Hall–Kier alpha value is -1.48. The zero-order valence-corrected chi connectivity index (χ0v) is 17.3. The van der Waals surface area contributed by atoms with E-state index in [1.54, 1.807) is 0 Å². The van der Waals surface area contributed by atoms with Crippen LogP contribution >= 0.6 is 0 Å². The van der Waals surface area contributed by atoms with Crippen LogP contribution in [-0.4, -0.2) is 19.5 Å². The van der Waals surface area contributed by atoms with Crippen LogP contribution in [0.15, 0.2) is 36.7 Å². The van der Waals surface area contributed by atoms with E-state index in [2.05, 4.69) is 48.1 Å². The molecule has 2 nitrogen and oxygen atoms in total. The van der Waals surface area contributed by atoms with Crippen LogP contribution in [0.25, 0.3) is 11.4 Å². The van der Waals surface area contributed by atoms with Crippen molar-refractivity contribution in [2.24, 2.45) is 5.92 Å². The van der Waals surface area contributed by atoms with E-state index in [9.17, 15) is 0 Å². The zero-order valence-electron chi connectivity index (χ0n) is 15.9. The quantitative estimate of drug-likeness (QED) is 0.666. The summed E-state index contributed by atoms with van der Waals surface area (Å²) in [4.78, 5) is 9.20. The van der Waals surface area contributed by atoms with Gasteiger partial charge in [0.2, 0.25) is 0 Å². The van der Waals surface area contributed by atoms with Gasteiger partial charge in [-0.05, 0) is 48.3 Å². The van der Waals surface area contributed by atoms with Gasteiger partial charge in [0.1, 0.15) is 0 Å². The molecule has 3 heteroatoms. The molecule has 0 aliphatic heterocycles. The number of hydrogen-bond donors (Lipinski definition) is 0. The van der Waals surface area contributed by atoms with E-state index in [0.29, 0.717) is 0 Å². The standard InChI is InChI=1S/C22H32N2Si/c1-3-5-17-6-8-18(9-7-17)19-10-12-20(13-11-19)22-23-15-21(16-24-22)25-14-4-2/h10-13,15-18H,3-9,14,25H2,1-2H3/t17-,18-. The van der Waals surface area contributed by atoms with Crippen LogP contribution in [0.4, 0.5) is 0 Å². The largest absolute Gasteiger partial charge is 0.237 e. The van der Waals surface area contributed by atoms with Crippen LogP contribution in [0.3, 0.4) is 0 Å². The Morgan fingerprint density at radius 1 is 0.920 bits per heavy atom. The summed E-state index contributed by atoms with van der Waals surface area (Å²) in [5.74, 6) is 2.60. The van der Waals surface area contributed by atoms with Gasteiger partial charge in [0.25, 0.3) is 0 Å². The molecule has 3 rings (SSSR count). The zero-order chi connectivity index (χ0) is 17.5. The monoisotopic (exact) mass is 352 g/mol. The molecule has 0 spiro atoms. The van der Waals surface area contributed by atoms with Crippen LogP contribution in [0.2, 0.25) is 6.04 Å². The second-order valence-electron chi connectivity index (χ2n) is 7.65. The Balaban J connectivity index is 1.60. The highest BCUT2D eigenvalue weighted by Gasteiger charge is 2.21. The summed E-state index contributed by atoms with van der Waals surface area (Å²) < 4.78 is 0. The van der Waals surface area contributed by atoms with E-state index in [0.717, 1.165) is 23.2 Å². The lowest BCUT2D eigenvalue weighted by atomic mass is 9.77. The number of aromatic nitrogens is 2. The molecule has 1 fully saturated rings. The molecule has 0 saturated heterocycles. The fraction of sp³-hybridized carbons (Fsp3) is 0.545. The fourth-order valence-electron chi connectivity index (χ4n) is 4.11. The van der Waals surface area contributed by atoms with Crippen molar-refractivity contribution in [3.8, 4) is 11.4 Å². The van der Waals surface area contributed by atoms with Gasteiger partial charge in [-0.3, -0.25) is 0 Å². The van der Waals surface area contributed by atoms with E-state index in [1.807, 2.05) is 12.4 Å². The summed E-state index contributed by atoms with van der Waals surface area (Å²) in [5.41, 5.74) is 2.65. The summed E-state index contributed by atoms with van der Waals surface area (Å²) >= 11 is 0. The molecule has 1 aliphatic carbocycles. The van der Waals surface area contributed by atoms with Gasteiger partial charge in [-0.1, -0.05) is 63.4 Å². The summed E-state index contributed by atoms with van der Waals surface area (Å²) in [6.45, 7) is 4.56. The third-order valence-corrected chi connectivity index (χ3v) is 7.71. The van der Waals surface area contributed by atoms with Gasteiger partial charge in [0.15, 0.2) is 5.82 Å². The van der Waals surface area contributed by atoms with Crippen molar-refractivity contribution in [3.63, 3.8) is 0 Å². The van der Waals surface area contributed by atoms with Crippen molar-refractivity contribution in [2.75, 3.05) is 0 Å². The first-order valence-corrected chi connectivity index (χ1v) is 11.9. The topological polar surface area (TPSA) is 25.8 Å². The maximum absolute atomic E-state index is 4.60. The van der Waals surface area contributed by atoms with Gasteiger partial charge in [0.05, 0.1) is 9.52 Å². The Morgan fingerprint density at radius 2 is 1.60 bits per heavy atom. The van der Waals surface area contributed by atoms with Gasteiger partial charge in [-0.2, -0.15) is 0 Å². The van der Waals surface area contributed by atoms with E-state index in [-0.39, 0.29) is 9.52 Å². The van der Waals surface area contributed by atoms with Crippen molar-refractivity contribution in [2.45, 2.75) is 70.8 Å². The molecule has 1 heterocycles. The molecule has 134 valence electrons. The molecule has 0 bridgehead atoms. The van der Waals surface area contributed by atoms with Crippen molar-refractivity contribution < 1.29 is 0 Å². The molecule has 1 aliphatic rings. The second-order valence-corrected chi connectivity index (χ2v) is 9.67. The molecule has 1 saturated carbocycles. The van der Waals surface area contributed by atoms with Crippen molar-refractivity contribution in [1.82, 2.24) is 9.97 Å². The highest BCUT2D eigenvalue weighted by Crippen LogP contribution is 2.37. The smallest absolute Gasteiger partial charge is 0.159 e. The first kappa shape index (κ1) is 18.3. The van der Waals surface area contributed by atoms with Gasteiger partial charge in [0, 0.05) is 18.0 Å². The predicted molar refractivity (Wildman–Crippen MR) is 110 cm³/mol. The second kappa shape index (κ2) is 9.28. The number of nitrogens with zero attached hydrogens (tertiary/aromatic N) is 2. The highest BCUT2D eigenvalue weighted by molar-refractivity contribution is 6.53. The average Bonchev–Trinajstić information content (AvgIpc) is 2.68. The van der Waals surface area contributed by atoms with Crippen LogP contribution in [0.1, 0.15) is 70.3 Å². The number of benzene rings is 1. The Kier molecular flexibility index (Phi) is 6.80. The maximum Gasteiger partial charge on any atom is 0.159 e. The van der Waals surface area contributed by atoms with Gasteiger partial charge >= 0.3 is 0 Å². The molecule has 2 aromatic rings. The molecule has 0 atom stereocenters. The summed E-state index contributed by atoms with van der Waals surface area (Å²) in [6.07, 6.45) is 13.7. The molecular formula is C22H32N2Si. The molecule has 1 aromatic heterocycles. The summed E-state index contributed by atoms with van der Waals surface area (Å²) in [7, 11) is -0.161. The lowest BCUT2D eigenvalue weighted by Crippen LogP contribution is -2.15. The predicted octanol–water partition coefficient (Wildman–Crippen LogP) is 4.84. The van der Waals surface area contributed by atoms with Crippen LogP contribution in [0.5, 0.6) is 0 Å². The van der Waals surface area contributed by atoms with Gasteiger partial charge in [-0.25, -0.2) is 9.97 Å². The number of hydrogen-bond acceptors (Lipinski definition) is 2. The van der Waals surface area contributed by atoms with Gasteiger partial charge in [-0.15, -0.1) is 0 Å². The summed E-state index contributed by atoms with van der Waals surface area (Å²) in [5, 5.41) is 1.38. The molecule has 1 aromatic carbocycles. The number of rotatable bonds is 7. The van der Waals surface area contributed by atoms with Crippen LogP contribution in [0, 0.1) is 5.92 Å². The van der Waals surface area contributed by atoms with Crippen LogP contribution < -0.4 is 5.19 Å². The Labute approximate surface area is 155 Å². The van der Waals surface area contributed by atoms with E-state index < -0.39 is 0 Å². The third-order valence-electron chi connectivity index (χ3n) is 5.71. The highest BCUT2D eigenvalue weighted by atomic mass is 28.2. The molecule has 0 N–H and O–H groups in total. The molecular weight excluding hydrogens is 320 g/mol. The average molecular weight is 353 g/mol. The molecule has 0 radical (unpaired) electrons. The minimum atomic E-state index is -0.161. The minimum absolute atomic E-state index is 0.161. The maximum atomic E-state index is 4.60. The van der Waals surface area contributed by atoms with Crippen molar-refractivity contribution >= 4 is 14.7 Å². The molecule has 0 amide bonds. The van der Waals surface area contributed by atoms with Gasteiger partial charge < -0.3 is 0 Å². The minimum Gasteiger partial charge on any atom is -0.237 e. The Morgan fingerprint density at radius 3 is 2.20 bits per heavy atom. The van der Waals surface area contributed by atoms with E-state index in [1.165, 1.54) is 61.7 Å². The van der Waals surface area contributed by atoms with Crippen LogP contribution in [-0.2, 0) is 0 Å². The lowest BCUT2D eigenvalue weighted by molar-refractivity contribution is 0.308. The Bertz CT molecular complexity index is 628. The third kappa shape index (κ3) is 5.01. The molecule has 0 unspecified atom stereocenters. The van der Waals surface area contributed by atoms with Crippen molar-refractivity contribution in [1.29, 1.82) is 0 Å². The first-order valence-electron chi connectivity index (χ1n) is 10.2. The SMILES string of the molecule is CCC[SiH2]c1cnc(-c2ccc([C@H]3CC[C@H](CCC)CC3)cc2)nc1.